The van der Waals surface area contributed by atoms with Gasteiger partial charge in [-0.3, -0.25) is 0 Å². The molecule has 0 aliphatic carbocycles. The van der Waals surface area contributed by atoms with Crippen molar-refractivity contribution in [3.63, 3.8) is 0 Å². The van der Waals surface area contributed by atoms with E-state index < -0.39 is 6.10 Å². The van der Waals surface area contributed by atoms with Gasteiger partial charge in [-0.25, -0.2) is 4.98 Å². The predicted octanol–water partition coefficient (Wildman–Crippen LogP) is 0.822. The minimum Gasteiger partial charge on any atom is -0.490 e. The molecule has 0 bridgehead atoms. The van der Waals surface area contributed by atoms with Crippen LogP contribution in [-0.2, 0) is 4.74 Å². The smallest absolute Gasteiger partial charge is 0.171 e. The minimum atomic E-state index is -0.435. The number of pyridine rings is 1. The number of hydrogen-bond acceptors (Lipinski definition) is 6. The third-order valence-electron chi connectivity index (χ3n) is 3.02. The predicted molar refractivity (Wildman–Crippen MR) is 75.4 cm³/mol. The van der Waals surface area contributed by atoms with Gasteiger partial charge in [0.05, 0.1) is 19.8 Å². The van der Waals surface area contributed by atoms with Crippen molar-refractivity contribution in [1.82, 2.24) is 4.98 Å². The number of anilines is 1. The summed E-state index contributed by atoms with van der Waals surface area (Å²) in [5, 5.41) is 11.7. The molecule has 1 aliphatic rings. The molecule has 7 nitrogen and oxygen atoms in total. The first-order chi connectivity index (χ1) is 9.76. The van der Waals surface area contributed by atoms with Gasteiger partial charge in [0, 0.05) is 12.7 Å². The zero-order valence-corrected chi connectivity index (χ0v) is 11.5. The molecular formula is C13H20N4O3. The molecule has 1 atom stereocenters. The number of nitrogens with two attached hydrogens (primary N) is 1. The number of oxime groups is 1. The van der Waals surface area contributed by atoms with E-state index in [1.807, 2.05) is 17.0 Å². The fraction of sp³-hybridized carbons (Fsp3) is 0.538. The van der Waals surface area contributed by atoms with Gasteiger partial charge >= 0.3 is 0 Å². The van der Waals surface area contributed by atoms with Crippen LogP contribution < -0.4 is 15.4 Å². The van der Waals surface area contributed by atoms with Gasteiger partial charge in [0.2, 0.25) is 0 Å². The van der Waals surface area contributed by atoms with E-state index in [2.05, 4.69) is 17.1 Å². The minimum absolute atomic E-state index is 0.0710. The topological polar surface area (TPSA) is 93.2 Å². The maximum atomic E-state index is 8.74. The molecule has 110 valence electrons. The van der Waals surface area contributed by atoms with Crippen LogP contribution >= 0.6 is 0 Å². The van der Waals surface area contributed by atoms with Crippen molar-refractivity contribution in [3.8, 4) is 5.75 Å². The lowest BCUT2D eigenvalue weighted by molar-refractivity contribution is 0.0801. The van der Waals surface area contributed by atoms with Gasteiger partial charge < -0.3 is 25.3 Å². The molecule has 0 amide bonds. The van der Waals surface area contributed by atoms with Gasteiger partial charge in [-0.1, -0.05) is 12.1 Å². The second-order valence-corrected chi connectivity index (χ2v) is 4.50. The van der Waals surface area contributed by atoms with Crippen LogP contribution in [0.1, 0.15) is 13.3 Å². The van der Waals surface area contributed by atoms with Crippen LogP contribution in [0, 0.1) is 0 Å². The molecular weight excluding hydrogens is 260 g/mol. The zero-order chi connectivity index (χ0) is 14.4. The Morgan fingerprint density at radius 3 is 3.30 bits per heavy atom. The Morgan fingerprint density at radius 2 is 2.55 bits per heavy atom. The average molecular weight is 280 g/mol. The summed E-state index contributed by atoms with van der Waals surface area (Å²) in [6, 6.07) is 3.74. The van der Waals surface area contributed by atoms with Crippen LogP contribution in [0.15, 0.2) is 23.5 Å². The Morgan fingerprint density at radius 1 is 1.70 bits per heavy atom. The summed E-state index contributed by atoms with van der Waals surface area (Å²) in [5.41, 5.74) is 5.60. The number of aromatic nitrogens is 1. The summed E-state index contributed by atoms with van der Waals surface area (Å²) < 4.78 is 11.2. The first-order valence-electron chi connectivity index (χ1n) is 6.68. The third kappa shape index (κ3) is 3.30. The van der Waals surface area contributed by atoms with Crippen LogP contribution in [0.25, 0.3) is 0 Å². The summed E-state index contributed by atoms with van der Waals surface area (Å²) in [4.78, 5) is 6.40. The van der Waals surface area contributed by atoms with E-state index in [4.69, 9.17) is 20.4 Å². The third-order valence-corrected chi connectivity index (χ3v) is 3.02. The van der Waals surface area contributed by atoms with Gasteiger partial charge in [-0.15, -0.1) is 0 Å². The molecule has 1 aromatic rings. The molecule has 0 aromatic carbocycles. The molecule has 0 spiro atoms. The Hall–Kier alpha value is -2.02. The number of nitrogens with zero attached hydrogens (tertiary/aromatic N) is 3. The van der Waals surface area contributed by atoms with Crippen molar-refractivity contribution in [2.75, 3.05) is 31.2 Å². The molecule has 1 aromatic heterocycles. The Bertz CT molecular complexity index is 467. The maximum Gasteiger partial charge on any atom is 0.171 e. The van der Waals surface area contributed by atoms with Crippen LogP contribution in [0.4, 0.5) is 5.82 Å². The summed E-state index contributed by atoms with van der Waals surface area (Å²) in [6.07, 6.45) is 2.22. The van der Waals surface area contributed by atoms with E-state index in [0.29, 0.717) is 26.3 Å². The number of rotatable bonds is 5. The van der Waals surface area contributed by atoms with Crippen molar-refractivity contribution in [2.24, 2.45) is 10.9 Å². The fourth-order valence-corrected chi connectivity index (χ4v) is 2.03. The lowest BCUT2D eigenvalue weighted by atomic mass is 10.2. The first kappa shape index (κ1) is 14.4. The second kappa shape index (κ2) is 6.95. The molecule has 0 saturated carbocycles. The van der Waals surface area contributed by atoms with Gasteiger partial charge in [0.1, 0.15) is 6.10 Å². The van der Waals surface area contributed by atoms with E-state index in [9.17, 15) is 0 Å². The van der Waals surface area contributed by atoms with Crippen LogP contribution in [0.3, 0.4) is 0 Å². The van der Waals surface area contributed by atoms with Crippen molar-refractivity contribution < 1.29 is 14.7 Å². The van der Waals surface area contributed by atoms with Gasteiger partial charge in [-0.2, -0.15) is 0 Å². The van der Waals surface area contributed by atoms with E-state index >= 15 is 0 Å². The SMILES string of the molecule is CCCOc1cccnc1N1CCOC(/C(N)=N/O)C1. The van der Waals surface area contributed by atoms with Crippen molar-refractivity contribution in [1.29, 1.82) is 0 Å². The summed E-state index contributed by atoms with van der Waals surface area (Å²) in [7, 11) is 0. The molecule has 20 heavy (non-hydrogen) atoms. The van der Waals surface area contributed by atoms with Crippen molar-refractivity contribution >= 4 is 11.7 Å². The van der Waals surface area contributed by atoms with Crippen molar-refractivity contribution in [2.45, 2.75) is 19.4 Å². The van der Waals surface area contributed by atoms with Crippen LogP contribution in [0.2, 0.25) is 0 Å². The molecule has 0 radical (unpaired) electrons. The molecule has 1 aliphatic heterocycles. The number of ether oxygens (including phenoxy) is 2. The number of amidine groups is 1. The molecule has 2 rings (SSSR count). The monoisotopic (exact) mass is 280 g/mol. The van der Waals surface area contributed by atoms with E-state index in [-0.39, 0.29) is 5.84 Å². The molecule has 2 heterocycles. The highest BCUT2D eigenvalue weighted by atomic mass is 16.5. The quantitative estimate of drug-likeness (QED) is 0.359. The first-order valence-corrected chi connectivity index (χ1v) is 6.68. The summed E-state index contributed by atoms with van der Waals surface area (Å²) in [6.45, 7) is 4.36. The Kier molecular flexibility index (Phi) is 5.00. The average Bonchev–Trinajstić information content (AvgIpc) is 2.52. The van der Waals surface area contributed by atoms with Gasteiger partial charge in [-0.05, 0) is 18.6 Å². The van der Waals surface area contributed by atoms with Crippen molar-refractivity contribution in [3.05, 3.63) is 18.3 Å². The van der Waals surface area contributed by atoms with E-state index in [1.165, 1.54) is 0 Å². The highest BCUT2D eigenvalue weighted by molar-refractivity contribution is 5.85. The van der Waals surface area contributed by atoms with Gasteiger partial charge in [0.25, 0.3) is 0 Å². The molecule has 1 unspecified atom stereocenters. The standard InChI is InChI=1S/C13H20N4O3/c1-2-7-19-10-4-3-5-15-13(10)17-6-8-20-11(9-17)12(14)16-18/h3-5,11,18H,2,6-9H2,1H3,(H2,14,16). The van der Waals surface area contributed by atoms with E-state index in [1.54, 1.807) is 6.20 Å². The Labute approximate surface area is 118 Å². The Balaban J connectivity index is 2.14. The maximum absolute atomic E-state index is 8.74. The van der Waals surface area contributed by atoms with Gasteiger partial charge in [0.15, 0.2) is 17.4 Å². The van der Waals surface area contributed by atoms with Crippen LogP contribution in [-0.4, -0.2) is 48.4 Å². The highest BCUT2D eigenvalue weighted by Gasteiger charge is 2.26. The lowest BCUT2D eigenvalue weighted by Crippen LogP contribution is -2.49. The van der Waals surface area contributed by atoms with E-state index in [0.717, 1.165) is 18.0 Å². The highest BCUT2D eigenvalue weighted by Crippen LogP contribution is 2.26. The summed E-state index contributed by atoms with van der Waals surface area (Å²) in [5.74, 6) is 1.58. The summed E-state index contributed by atoms with van der Waals surface area (Å²) >= 11 is 0. The zero-order valence-electron chi connectivity index (χ0n) is 11.5. The molecule has 1 saturated heterocycles. The van der Waals surface area contributed by atoms with Crippen LogP contribution in [0.5, 0.6) is 5.75 Å². The molecule has 1 fully saturated rings. The number of hydrogen-bond donors (Lipinski definition) is 2. The number of morpholine rings is 1. The second-order valence-electron chi connectivity index (χ2n) is 4.50. The molecule has 3 N–H and O–H groups in total. The largest absolute Gasteiger partial charge is 0.490 e. The lowest BCUT2D eigenvalue weighted by Gasteiger charge is -2.33. The molecule has 7 heteroatoms. The fourth-order valence-electron chi connectivity index (χ4n) is 2.03. The normalized spacial score (nSPS) is 19.9.